The molecule has 0 aliphatic heterocycles. The number of aromatic amines is 1. The van der Waals surface area contributed by atoms with Crippen molar-refractivity contribution in [3.63, 3.8) is 0 Å². The predicted molar refractivity (Wildman–Crippen MR) is 74.4 cm³/mol. The lowest BCUT2D eigenvalue weighted by molar-refractivity contribution is 0.0952. The maximum atomic E-state index is 11.8. The SMILES string of the molecule is Cc1ccc(C(=O)NCCc2csc(N)n2)c(=O)[nH]1. The Morgan fingerprint density at radius 1 is 1.53 bits per heavy atom. The van der Waals surface area contributed by atoms with E-state index in [2.05, 4.69) is 15.3 Å². The van der Waals surface area contributed by atoms with Crippen molar-refractivity contribution in [2.24, 2.45) is 0 Å². The largest absolute Gasteiger partial charge is 0.375 e. The summed E-state index contributed by atoms with van der Waals surface area (Å²) in [6.45, 7) is 2.17. The number of H-pyrrole nitrogens is 1. The number of nitrogens with two attached hydrogens (primary N) is 1. The molecule has 1 amide bonds. The number of aromatic nitrogens is 2. The third-order valence-electron chi connectivity index (χ3n) is 2.54. The van der Waals surface area contributed by atoms with Crippen LogP contribution in [0.1, 0.15) is 21.7 Å². The molecule has 0 atom stereocenters. The molecule has 2 aromatic heterocycles. The maximum Gasteiger partial charge on any atom is 0.260 e. The standard InChI is InChI=1S/C12H14N4O2S/c1-7-2-3-9(11(18)15-7)10(17)14-5-4-8-6-19-12(13)16-8/h2-3,6H,4-5H2,1H3,(H2,13,16)(H,14,17)(H,15,18). The Labute approximate surface area is 113 Å². The van der Waals surface area contributed by atoms with Gasteiger partial charge >= 0.3 is 0 Å². The highest BCUT2D eigenvalue weighted by molar-refractivity contribution is 7.13. The van der Waals surface area contributed by atoms with Gasteiger partial charge in [-0.15, -0.1) is 11.3 Å². The fraction of sp³-hybridized carbons (Fsp3) is 0.250. The van der Waals surface area contributed by atoms with E-state index < -0.39 is 0 Å². The molecule has 0 radical (unpaired) electrons. The fourth-order valence-electron chi connectivity index (χ4n) is 1.59. The Morgan fingerprint density at radius 2 is 2.32 bits per heavy atom. The summed E-state index contributed by atoms with van der Waals surface area (Å²) in [5, 5.41) is 5.04. The van der Waals surface area contributed by atoms with E-state index in [9.17, 15) is 9.59 Å². The smallest absolute Gasteiger partial charge is 0.260 e. The van der Waals surface area contributed by atoms with Crippen LogP contribution in [0.25, 0.3) is 0 Å². The summed E-state index contributed by atoms with van der Waals surface area (Å²) >= 11 is 1.36. The number of nitrogen functional groups attached to an aromatic ring is 1. The van der Waals surface area contributed by atoms with Gasteiger partial charge in [0.15, 0.2) is 5.13 Å². The first-order valence-corrected chi connectivity index (χ1v) is 6.62. The van der Waals surface area contributed by atoms with Gasteiger partial charge in [-0.1, -0.05) is 0 Å². The molecular weight excluding hydrogens is 264 g/mol. The van der Waals surface area contributed by atoms with Gasteiger partial charge in [0.2, 0.25) is 0 Å². The molecule has 19 heavy (non-hydrogen) atoms. The Hall–Kier alpha value is -2.15. The van der Waals surface area contributed by atoms with Crippen LogP contribution in [0.15, 0.2) is 22.3 Å². The first kappa shape index (κ1) is 13.3. The van der Waals surface area contributed by atoms with Gasteiger partial charge in [0, 0.05) is 24.0 Å². The van der Waals surface area contributed by atoms with Gasteiger partial charge in [-0.2, -0.15) is 0 Å². The zero-order chi connectivity index (χ0) is 13.8. The second-order valence-corrected chi connectivity index (χ2v) is 4.96. The number of rotatable bonds is 4. The average molecular weight is 278 g/mol. The predicted octanol–water partition coefficient (Wildman–Crippen LogP) is 0.695. The second-order valence-electron chi connectivity index (χ2n) is 4.07. The zero-order valence-corrected chi connectivity index (χ0v) is 11.2. The van der Waals surface area contributed by atoms with E-state index in [1.807, 2.05) is 5.38 Å². The lowest BCUT2D eigenvalue weighted by Crippen LogP contribution is -2.31. The molecule has 0 fully saturated rings. The first-order valence-electron chi connectivity index (χ1n) is 5.74. The highest BCUT2D eigenvalue weighted by Crippen LogP contribution is 2.10. The Bertz CT molecular complexity index is 647. The molecule has 2 heterocycles. The zero-order valence-electron chi connectivity index (χ0n) is 10.4. The summed E-state index contributed by atoms with van der Waals surface area (Å²) in [4.78, 5) is 30.0. The summed E-state index contributed by atoms with van der Waals surface area (Å²) < 4.78 is 0. The average Bonchev–Trinajstić information content (AvgIpc) is 2.75. The molecule has 0 saturated carbocycles. The van der Waals surface area contributed by atoms with E-state index in [4.69, 9.17) is 5.73 Å². The number of hydrogen-bond acceptors (Lipinski definition) is 5. The van der Waals surface area contributed by atoms with Crippen molar-refractivity contribution in [2.75, 3.05) is 12.3 Å². The van der Waals surface area contributed by atoms with Crippen molar-refractivity contribution in [3.05, 3.63) is 44.8 Å². The van der Waals surface area contributed by atoms with E-state index in [1.54, 1.807) is 13.0 Å². The number of thiazole rings is 1. The molecule has 0 spiro atoms. The number of nitrogens with one attached hydrogen (secondary N) is 2. The van der Waals surface area contributed by atoms with Gasteiger partial charge in [0.1, 0.15) is 5.56 Å². The minimum absolute atomic E-state index is 0.114. The topological polar surface area (TPSA) is 101 Å². The molecule has 7 heteroatoms. The van der Waals surface area contributed by atoms with Gasteiger partial charge in [-0.05, 0) is 19.1 Å². The molecule has 2 aromatic rings. The van der Waals surface area contributed by atoms with Crippen LogP contribution in [0.5, 0.6) is 0 Å². The van der Waals surface area contributed by atoms with Crippen LogP contribution < -0.4 is 16.6 Å². The van der Waals surface area contributed by atoms with E-state index >= 15 is 0 Å². The van der Waals surface area contributed by atoms with E-state index in [0.29, 0.717) is 18.1 Å². The number of pyridine rings is 1. The molecule has 0 unspecified atom stereocenters. The monoisotopic (exact) mass is 278 g/mol. The fourth-order valence-corrected chi connectivity index (χ4v) is 2.18. The lowest BCUT2D eigenvalue weighted by Gasteiger charge is -2.03. The lowest BCUT2D eigenvalue weighted by atomic mass is 10.2. The van der Waals surface area contributed by atoms with E-state index in [-0.39, 0.29) is 17.0 Å². The molecule has 4 N–H and O–H groups in total. The van der Waals surface area contributed by atoms with Crippen molar-refractivity contribution in [1.29, 1.82) is 0 Å². The maximum absolute atomic E-state index is 11.8. The highest BCUT2D eigenvalue weighted by atomic mass is 32.1. The van der Waals surface area contributed by atoms with Crippen LogP contribution in [0.4, 0.5) is 5.13 Å². The number of carbonyl (C=O) groups excluding carboxylic acids is 1. The van der Waals surface area contributed by atoms with Gasteiger partial charge in [-0.25, -0.2) is 4.98 Å². The number of amides is 1. The number of nitrogens with zero attached hydrogens (tertiary/aromatic N) is 1. The summed E-state index contributed by atoms with van der Waals surface area (Å²) in [5.41, 5.74) is 6.80. The summed E-state index contributed by atoms with van der Waals surface area (Å²) in [7, 11) is 0. The Kier molecular flexibility index (Phi) is 3.96. The van der Waals surface area contributed by atoms with Crippen LogP contribution in [0, 0.1) is 6.92 Å². The number of hydrogen-bond donors (Lipinski definition) is 3. The van der Waals surface area contributed by atoms with Gasteiger partial charge in [0.05, 0.1) is 5.69 Å². The molecule has 2 rings (SSSR count). The highest BCUT2D eigenvalue weighted by Gasteiger charge is 2.09. The van der Waals surface area contributed by atoms with E-state index in [1.165, 1.54) is 17.4 Å². The Balaban J connectivity index is 1.92. The molecular formula is C12H14N4O2S. The molecule has 0 saturated heterocycles. The number of carbonyl (C=O) groups is 1. The van der Waals surface area contributed by atoms with Crippen molar-refractivity contribution in [1.82, 2.24) is 15.3 Å². The van der Waals surface area contributed by atoms with Crippen LogP contribution in [-0.4, -0.2) is 22.4 Å². The van der Waals surface area contributed by atoms with Crippen molar-refractivity contribution >= 4 is 22.4 Å². The number of anilines is 1. The van der Waals surface area contributed by atoms with Gasteiger partial charge < -0.3 is 16.0 Å². The summed E-state index contributed by atoms with van der Waals surface area (Å²) in [6.07, 6.45) is 0.587. The van der Waals surface area contributed by atoms with Gasteiger partial charge in [0.25, 0.3) is 11.5 Å². The molecule has 0 aromatic carbocycles. The molecule has 100 valence electrons. The van der Waals surface area contributed by atoms with E-state index in [0.717, 1.165) is 11.4 Å². The number of aryl methyl sites for hydroxylation is 1. The summed E-state index contributed by atoms with van der Waals surface area (Å²) in [6, 6.07) is 3.21. The normalized spacial score (nSPS) is 10.4. The first-order chi connectivity index (χ1) is 9.06. The van der Waals surface area contributed by atoms with Crippen molar-refractivity contribution in [3.8, 4) is 0 Å². The van der Waals surface area contributed by atoms with Crippen molar-refractivity contribution < 1.29 is 4.79 Å². The van der Waals surface area contributed by atoms with Crippen LogP contribution >= 0.6 is 11.3 Å². The Morgan fingerprint density at radius 3 is 2.95 bits per heavy atom. The van der Waals surface area contributed by atoms with Crippen molar-refractivity contribution in [2.45, 2.75) is 13.3 Å². The van der Waals surface area contributed by atoms with Crippen LogP contribution in [0.2, 0.25) is 0 Å². The minimum atomic E-state index is -0.385. The quantitative estimate of drug-likeness (QED) is 0.766. The van der Waals surface area contributed by atoms with Gasteiger partial charge in [-0.3, -0.25) is 9.59 Å². The molecule has 0 aliphatic rings. The van der Waals surface area contributed by atoms with Crippen LogP contribution in [-0.2, 0) is 6.42 Å². The molecule has 0 aliphatic carbocycles. The molecule has 0 bridgehead atoms. The third-order valence-corrected chi connectivity index (χ3v) is 3.26. The minimum Gasteiger partial charge on any atom is -0.375 e. The summed E-state index contributed by atoms with van der Waals surface area (Å²) in [5.74, 6) is -0.385. The second kappa shape index (κ2) is 5.66. The van der Waals surface area contributed by atoms with Crippen LogP contribution in [0.3, 0.4) is 0 Å². The molecule has 6 nitrogen and oxygen atoms in total. The third kappa shape index (κ3) is 3.41.